The topological polar surface area (TPSA) is 82.7 Å². The summed E-state index contributed by atoms with van der Waals surface area (Å²) < 4.78 is 0. The van der Waals surface area contributed by atoms with Crippen molar-refractivity contribution in [3.05, 3.63) is 57.8 Å². The van der Waals surface area contributed by atoms with Crippen molar-refractivity contribution in [1.82, 2.24) is 15.5 Å². The third-order valence-corrected chi connectivity index (χ3v) is 5.78. The first kappa shape index (κ1) is 22.6. The van der Waals surface area contributed by atoms with E-state index in [1.807, 2.05) is 12.1 Å². The fourth-order valence-corrected chi connectivity index (χ4v) is 4.24. The number of aliphatic imine (C=N–C) groups is 1. The number of nitrogens with two attached hydrogens (primary N) is 1. The van der Waals surface area contributed by atoms with Crippen LogP contribution in [0, 0.1) is 0 Å². The van der Waals surface area contributed by atoms with Gasteiger partial charge in [0.15, 0.2) is 5.96 Å². The van der Waals surface area contributed by atoms with Crippen molar-refractivity contribution in [2.45, 2.75) is 25.4 Å². The Morgan fingerprint density at radius 1 is 1.25 bits per heavy atom. The van der Waals surface area contributed by atoms with Gasteiger partial charge in [-0.05, 0) is 55.1 Å². The zero-order valence-electron chi connectivity index (χ0n) is 16.1. The molecule has 1 amide bonds. The Labute approximate surface area is 187 Å². The maximum absolute atomic E-state index is 11.3. The lowest BCUT2D eigenvalue weighted by Crippen LogP contribution is -2.42. The normalized spacial score (nSPS) is 15.7. The summed E-state index contributed by atoms with van der Waals surface area (Å²) in [5, 5.41) is 8.91. The number of carbonyl (C=O) groups is 1. The molecule has 2 aromatic rings. The molecule has 28 heavy (non-hydrogen) atoms. The van der Waals surface area contributed by atoms with Gasteiger partial charge in [-0.2, -0.15) is 0 Å². The number of nitrogens with one attached hydrogen (secondary N) is 2. The van der Waals surface area contributed by atoms with Crippen LogP contribution < -0.4 is 16.4 Å². The van der Waals surface area contributed by atoms with E-state index in [1.54, 1.807) is 30.5 Å². The van der Waals surface area contributed by atoms with Gasteiger partial charge in [-0.25, -0.2) is 0 Å². The molecule has 6 nitrogen and oxygen atoms in total. The van der Waals surface area contributed by atoms with E-state index in [9.17, 15) is 4.79 Å². The Bertz CT molecular complexity index is 775. The van der Waals surface area contributed by atoms with Crippen LogP contribution in [0.2, 0.25) is 0 Å². The summed E-state index contributed by atoms with van der Waals surface area (Å²) in [5.41, 5.74) is 6.86. The van der Waals surface area contributed by atoms with Crippen molar-refractivity contribution in [3.8, 4) is 0 Å². The Kier molecular flexibility index (Phi) is 9.20. The molecule has 0 saturated carbocycles. The van der Waals surface area contributed by atoms with E-state index in [1.165, 1.54) is 17.7 Å². The minimum absolute atomic E-state index is 0. The molecule has 0 spiro atoms. The first-order chi connectivity index (χ1) is 13.2. The lowest BCUT2D eigenvalue weighted by Gasteiger charge is -2.27. The van der Waals surface area contributed by atoms with Gasteiger partial charge in [-0.15, -0.1) is 35.3 Å². The van der Waals surface area contributed by atoms with Gasteiger partial charge in [-0.3, -0.25) is 14.7 Å². The molecule has 1 unspecified atom stereocenters. The largest absolute Gasteiger partial charge is 0.366 e. The highest BCUT2D eigenvalue weighted by molar-refractivity contribution is 14.0. The monoisotopic (exact) mass is 513 g/mol. The van der Waals surface area contributed by atoms with E-state index in [4.69, 9.17) is 5.73 Å². The average molecular weight is 513 g/mol. The van der Waals surface area contributed by atoms with Gasteiger partial charge in [0.05, 0.1) is 6.04 Å². The summed E-state index contributed by atoms with van der Waals surface area (Å²) in [5.74, 6) is 0.337. The maximum Gasteiger partial charge on any atom is 0.248 e. The summed E-state index contributed by atoms with van der Waals surface area (Å²) in [6.07, 6.45) is 2.54. The van der Waals surface area contributed by atoms with Crippen molar-refractivity contribution in [1.29, 1.82) is 0 Å². The third-order valence-electron chi connectivity index (χ3n) is 4.81. The van der Waals surface area contributed by atoms with Gasteiger partial charge < -0.3 is 16.4 Å². The molecule has 4 N–H and O–H groups in total. The zero-order valence-corrected chi connectivity index (χ0v) is 19.2. The molecule has 3 rings (SSSR count). The highest BCUT2D eigenvalue weighted by atomic mass is 127. The summed E-state index contributed by atoms with van der Waals surface area (Å²) >= 11 is 1.81. The molecule has 0 aliphatic carbocycles. The Balaban J connectivity index is 0.00000280. The number of rotatable bonds is 7. The molecule has 0 radical (unpaired) electrons. The number of benzene rings is 1. The predicted octanol–water partition coefficient (Wildman–Crippen LogP) is 2.97. The molecule has 1 atom stereocenters. The van der Waals surface area contributed by atoms with Crippen LogP contribution in [0.25, 0.3) is 0 Å². The van der Waals surface area contributed by atoms with Crippen molar-refractivity contribution < 1.29 is 4.79 Å². The van der Waals surface area contributed by atoms with Crippen molar-refractivity contribution in [2.24, 2.45) is 10.7 Å². The number of amides is 1. The van der Waals surface area contributed by atoms with Crippen LogP contribution in [0.15, 0.2) is 46.8 Å². The number of primary amides is 1. The van der Waals surface area contributed by atoms with Crippen molar-refractivity contribution in [2.75, 3.05) is 26.7 Å². The first-order valence-corrected chi connectivity index (χ1v) is 10.2. The second-order valence-electron chi connectivity index (χ2n) is 6.65. The molecule has 2 heterocycles. The van der Waals surface area contributed by atoms with Crippen LogP contribution in [0.3, 0.4) is 0 Å². The van der Waals surface area contributed by atoms with Crippen LogP contribution in [0.5, 0.6) is 0 Å². The van der Waals surface area contributed by atoms with E-state index >= 15 is 0 Å². The van der Waals surface area contributed by atoms with Gasteiger partial charge in [0.1, 0.15) is 0 Å². The molecule has 1 aromatic heterocycles. The lowest BCUT2D eigenvalue weighted by atomic mass is 10.1. The zero-order chi connectivity index (χ0) is 19.1. The van der Waals surface area contributed by atoms with Crippen molar-refractivity contribution in [3.63, 3.8) is 0 Å². The van der Waals surface area contributed by atoms with Gasteiger partial charge in [0.25, 0.3) is 0 Å². The smallest absolute Gasteiger partial charge is 0.248 e. The predicted molar refractivity (Wildman–Crippen MR) is 126 cm³/mol. The van der Waals surface area contributed by atoms with Gasteiger partial charge in [-0.1, -0.05) is 18.2 Å². The number of likely N-dealkylation sites (tertiary alicyclic amines) is 1. The molecule has 0 bridgehead atoms. The van der Waals surface area contributed by atoms with E-state index in [2.05, 4.69) is 38.0 Å². The minimum atomic E-state index is -0.413. The van der Waals surface area contributed by atoms with Gasteiger partial charge in [0, 0.05) is 30.6 Å². The van der Waals surface area contributed by atoms with Crippen LogP contribution in [-0.4, -0.2) is 43.4 Å². The number of carbonyl (C=O) groups excluding carboxylic acids is 1. The highest BCUT2D eigenvalue weighted by Crippen LogP contribution is 2.27. The maximum atomic E-state index is 11.3. The summed E-state index contributed by atoms with van der Waals surface area (Å²) in [6, 6.07) is 12.0. The van der Waals surface area contributed by atoms with E-state index in [0.29, 0.717) is 18.2 Å². The van der Waals surface area contributed by atoms with Crippen LogP contribution in [0.1, 0.15) is 39.7 Å². The number of hydrogen-bond acceptors (Lipinski definition) is 4. The molecule has 1 fully saturated rings. The molecule has 1 aromatic carbocycles. The molecular weight excluding hydrogens is 485 g/mol. The SMILES string of the molecule is CN=C(NCc1cccc(C(N)=O)c1)NCC(c1cccs1)N1CCCC1.I. The summed E-state index contributed by atoms with van der Waals surface area (Å²) in [6.45, 7) is 3.68. The second kappa shape index (κ2) is 11.4. The van der Waals surface area contributed by atoms with E-state index in [0.717, 1.165) is 31.2 Å². The number of halogens is 1. The number of thiophene rings is 1. The quantitative estimate of drug-likeness (QED) is 0.302. The molecule has 152 valence electrons. The van der Waals surface area contributed by atoms with Gasteiger partial charge >= 0.3 is 0 Å². The first-order valence-electron chi connectivity index (χ1n) is 9.28. The number of nitrogens with zero attached hydrogens (tertiary/aromatic N) is 2. The third kappa shape index (κ3) is 6.18. The Morgan fingerprint density at radius 2 is 2.04 bits per heavy atom. The standard InChI is InChI=1S/C20H27N5OS.HI/c1-22-20(23-13-15-6-4-7-16(12-15)19(21)26)24-14-17(18-8-5-11-27-18)25-9-2-3-10-25;/h4-8,11-12,17H,2-3,9-10,13-14H2,1H3,(H2,21,26)(H2,22,23,24);1H. The van der Waals surface area contributed by atoms with E-state index < -0.39 is 5.91 Å². The molecule has 8 heteroatoms. The number of guanidine groups is 1. The molecule has 1 saturated heterocycles. The fourth-order valence-electron chi connectivity index (χ4n) is 3.38. The fraction of sp³-hybridized carbons (Fsp3) is 0.400. The molecular formula is C20H28IN5OS. The van der Waals surface area contributed by atoms with Crippen LogP contribution in [0.4, 0.5) is 0 Å². The molecule has 1 aliphatic rings. The minimum Gasteiger partial charge on any atom is -0.366 e. The van der Waals surface area contributed by atoms with Gasteiger partial charge in [0.2, 0.25) is 5.91 Å². The van der Waals surface area contributed by atoms with Crippen LogP contribution in [-0.2, 0) is 6.54 Å². The second-order valence-corrected chi connectivity index (χ2v) is 7.62. The Hall–Kier alpha value is -1.65. The number of hydrogen-bond donors (Lipinski definition) is 3. The highest BCUT2D eigenvalue weighted by Gasteiger charge is 2.24. The Morgan fingerprint density at radius 3 is 2.68 bits per heavy atom. The summed E-state index contributed by atoms with van der Waals surface area (Å²) in [4.78, 5) is 19.6. The lowest BCUT2D eigenvalue weighted by molar-refractivity contribution is 0.1000. The van der Waals surface area contributed by atoms with Crippen LogP contribution >= 0.6 is 35.3 Å². The molecule has 1 aliphatic heterocycles. The van der Waals surface area contributed by atoms with E-state index in [-0.39, 0.29) is 24.0 Å². The summed E-state index contributed by atoms with van der Waals surface area (Å²) in [7, 11) is 1.77. The van der Waals surface area contributed by atoms with Crippen molar-refractivity contribution >= 4 is 47.2 Å². The average Bonchev–Trinajstić information content (AvgIpc) is 3.39.